The standard InChI is InChI=1S/C15H12BrN3S/c1-17-14-9-11(10-5-3-2-4-6-10)18-15(19-14)12-7-8-13(16)20-12/h2-9H,1H3,(H,17,18,19). The van der Waals surface area contributed by atoms with E-state index in [2.05, 4.69) is 43.3 Å². The van der Waals surface area contributed by atoms with Crippen molar-refractivity contribution in [1.82, 2.24) is 9.97 Å². The van der Waals surface area contributed by atoms with E-state index >= 15 is 0 Å². The van der Waals surface area contributed by atoms with Crippen LogP contribution in [-0.4, -0.2) is 17.0 Å². The maximum Gasteiger partial charge on any atom is 0.172 e. The van der Waals surface area contributed by atoms with E-state index in [-0.39, 0.29) is 0 Å². The van der Waals surface area contributed by atoms with Crippen LogP contribution < -0.4 is 5.32 Å². The molecular formula is C15H12BrN3S. The molecule has 5 heteroatoms. The summed E-state index contributed by atoms with van der Waals surface area (Å²) in [6.45, 7) is 0. The SMILES string of the molecule is CNc1cc(-c2ccccc2)nc(-c2ccc(Br)s2)n1. The van der Waals surface area contributed by atoms with Crippen LogP contribution in [0.4, 0.5) is 5.82 Å². The second-order valence-electron chi connectivity index (χ2n) is 4.18. The van der Waals surface area contributed by atoms with Crippen LogP contribution in [0.2, 0.25) is 0 Å². The van der Waals surface area contributed by atoms with Crippen molar-refractivity contribution in [2.45, 2.75) is 0 Å². The minimum Gasteiger partial charge on any atom is -0.373 e. The van der Waals surface area contributed by atoms with E-state index in [1.165, 1.54) is 0 Å². The second kappa shape index (κ2) is 5.73. The van der Waals surface area contributed by atoms with Crippen molar-refractivity contribution < 1.29 is 0 Å². The first-order valence-electron chi connectivity index (χ1n) is 6.14. The van der Waals surface area contributed by atoms with E-state index in [1.54, 1.807) is 11.3 Å². The van der Waals surface area contributed by atoms with Gasteiger partial charge in [-0.05, 0) is 28.1 Å². The van der Waals surface area contributed by atoms with E-state index in [0.717, 1.165) is 31.6 Å². The number of aromatic nitrogens is 2. The number of hydrogen-bond donors (Lipinski definition) is 1. The van der Waals surface area contributed by atoms with E-state index in [1.807, 2.05) is 43.4 Å². The molecule has 100 valence electrons. The van der Waals surface area contributed by atoms with Gasteiger partial charge in [0.25, 0.3) is 0 Å². The van der Waals surface area contributed by atoms with Crippen LogP contribution in [-0.2, 0) is 0 Å². The lowest BCUT2D eigenvalue weighted by molar-refractivity contribution is 1.18. The number of nitrogens with one attached hydrogen (secondary N) is 1. The summed E-state index contributed by atoms with van der Waals surface area (Å²) in [5, 5.41) is 3.10. The second-order valence-corrected chi connectivity index (χ2v) is 6.64. The Kier molecular flexibility index (Phi) is 3.80. The third-order valence-electron chi connectivity index (χ3n) is 2.85. The van der Waals surface area contributed by atoms with Gasteiger partial charge in [0.05, 0.1) is 14.4 Å². The number of thiophene rings is 1. The van der Waals surface area contributed by atoms with Crippen LogP contribution in [0.25, 0.3) is 22.0 Å². The van der Waals surface area contributed by atoms with Gasteiger partial charge in [0.15, 0.2) is 5.82 Å². The van der Waals surface area contributed by atoms with Crippen LogP contribution in [0, 0.1) is 0 Å². The zero-order chi connectivity index (χ0) is 13.9. The lowest BCUT2D eigenvalue weighted by Crippen LogP contribution is -1.97. The topological polar surface area (TPSA) is 37.8 Å². The maximum atomic E-state index is 4.67. The molecule has 0 bridgehead atoms. The predicted molar refractivity (Wildman–Crippen MR) is 88.0 cm³/mol. The number of halogens is 1. The Morgan fingerprint density at radius 2 is 1.85 bits per heavy atom. The average molecular weight is 346 g/mol. The average Bonchev–Trinajstić information content (AvgIpc) is 2.94. The third kappa shape index (κ3) is 2.73. The molecule has 0 atom stereocenters. The van der Waals surface area contributed by atoms with Crippen LogP contribution in [0.15, 0.2) is 52.3 Å². The Hall–Kier alpha value is -1.72. The number of anilines is 1. The zero-order valence-corrected chi connectivity index (χ0v) is 13.2. The molecule has 0 aliphatic carbocycles. The minimum absolute atomic E-state index is 0.742. The Morgan fingerprint density at radius 1 is 1.05 bits per heavy atom. The van der Waals surface area contributed by atoms with Crippen molar-refractivity contribution in [2.75, 3.05) is 12.4 Å². The fraction of sp³-hybridized carbons (Fsp3) is 0.0667. The summed E-state index contributed by atoms with van der Waals surface area (Å²) in [4.78, 5) is 10.2. The Bertz CT molecular complexity index is 725. The van der Waals surface area contributed by atoms with E-state index in [0.29, 0.717) is 0 Å². The molecule has 1 aromatic carbocycles. The molecule has 3 rings (SSSR count). The minimum atomic E-state index is 0.742. The molecule has 0 saturated carbocycles. The Morgan fingerprint density at radius 3 is 2.50 bits per heavy atom. The van der Waals surface area contributed by atoms with Crippen molar-refractivity contribution in [3.8, 4) is 22.0 Å². The van der Waals surface area contributed by atoms with Crippen molar-refractivity contribution in [2.24, 2.45) is 0 Å². The number of nitrogens with zero attached hydrogens (tertiary/aromatic N) is 2. The molecule has 20 heavy (non-hydrogen) atoms. The molecule has 2 heterocycles. The molecule has 1 N–H and O–H groups in total. The van der Waals surface area contributed by atoms with Gasteiger partial charge in [0.2, 0.25) is 0 Å². The molecule has 0 aliphatic rings. The van der Waals surface area contributed by atoms with Crippen molar-refractivity contribution in [3.63, 3.8) is 0 Å². The van der Waals surface area contributed by atoms with E-state index in [4.69, 9.17) is 0 Å². The Labute approximate surface area is 129 Å². The number of rotatable bonds is 3. The van der Waals surface area contributed by atoms with Gasteiger partial charge in [-0.1, -0.05) is 30.3 Å². The highest BCUT2D eigenvalue weighted by Crippen LogP contribution is 2.31. The lowest BCUT2D eigenvalue weighted by Gasteiger charge is -2.07. The molecule has 0 radical (unpaired) electrons. The highest BCUT2D eigenvalue weighted by Gasteiger charge is 2.09. The molecule has 0 fully saturated rings. The van der Waals surface area contributed by atoms with Crippen LogP contribution in [0.1, 0.15) is 0 Å². The highest BCUT2D eigenvalue weighted by molar-refractivity contribution is 9.11. The molecule has 0 unspecified atom stereocenters. The fourth-order valence-electron chi connectivity index (χ4n) is 1.88. The van der Waals surface area contributed by atoms with Crippen LogP contribution in [0.3, 0.4) is 0 Å². The molecule has 0 aliphatic heterocycles. The maximum absolute atomic E-state index is 4.67. The van der Waals surface area contributed by atoms with Crippen LogP contribution in [0.5, 0.6) is 0 Å². The summed E-state index contributed by atoms with van der Waals surface area (Å²) in [6.07, 6.45) is 0. The summed E-state index contributed by atoms with van der Waals surface area (Å²) < 4.78 is 1.08. The van der Waals surface area contributed by atoms with Gasteiger partial charge in [0, 0.05) is 18.7 Å². The molecule has 0 saturated heterocycles. The summed E-state index contributed by atoms with van der Waals surface area (Å²) in [5.74, 6) is 1.56. The van der Waals surface area contributed by atoms with Gasteiger partial charge in [-0.2, -0.15) is 0 Å². The van der Waals surface area contributed by atoms with Gasteiger partial charge in [0.1, 0.15) is 5.82 Å². The highest BCUT2D eigenvalue weighted by atomic mass is 79.9. The van der Waals surface area contributed by atoms with Crippen molar-refractivity contribution in [1.29, 1.82) is 0 Å². The predicted octanol–water partition coefficient (Wildman–Crippen LogP) is 4.68. The largest absolute Gasteiger partial charge is 0.373 e. The molecule has 0 spiro atoms. The third-order valence-corrected chi connectivity index (χ3v) is 4.47. The Balaban J connectivity index is 2.12. The van der Waals surface area contributed by atoms with Gasteiger partial charge in [-0.3, -0.25) is 0 Å². The van der Waals surface area contributed by atoms with Gasteiger partial charge < -0.3 is 5.32 Å². The summed E-state index contributed by atoms with van der Waals surface area (Å²) >= 11 is 5.10. The smallest absolute Gasteiger partial charge is 0.172 e. The summed E-state index contributed by atoms with van der Waals surface area (Å²) in [6, 6.07) is 16.1. The molecule has 3 nitrogen and oxygen atoms in total. The molecule has 3 aromatic rings. The van der Waals surface area contributed by atoms with Crippen LogP contribution >= 0.6 is 27.3 Å². The van der Waals surface area contributed by atoms with E-state index in [9.17, 15) is 0 Å². The van der Waals surface area contributed by atoms with Gasteiger partial charge in [-0.25, -0.2) is 9.97 Å². The first kappa shape index (κ1) is 13.3. The monoisotopic (exact) mass is 345 g/mol. The number of hydrogen-bond acceptors (Lipinski definition) is 4. The van der Waals surface area contributed by atoms with E-state index < -0.39 is 0 Å². The number of benzene rings is 1. The molecular weight excluding hydrogens is 334 g/mol. The lowest BCUT2D eigenvalue weighted by atomic mass is 10.1. The van der Waals surface area contributed by atoms with Crippen molar-refractivity contribution in [3.05, 3.63) is 52.3 Å². The van der Waals surface area contributed by atoms with Crippen molar-refractivity contribution >= 4 is 33.1 Å². The van der Waals surface area contributed by atoms with Gasteiger partial charge >= 0.3 is 0 Å². The first-order chi connectivity index (χ1) is 9.76. The summed E-state index contributed by atoms with van der Waals surface area (Å²) in [7, 11) is 1.87. The molecule has 2 aromatic heterocycles. The molecule has 0 amide bonds. The normalized spacial score (nSPS) is 10.5. The first-order valence-corrected chi connectivity index (χ1v) is 7.75. The summed E-state index contributed by atoms with van der Waals surface area (Å²) in [5.41, 5.74) is 2.01. The zero-order valence-electron chi connectivity index (χ0n) is 10.8. The quantitative estimate of drug-likeness (QED) is 0.749. The van der Waals surface area contributed by atoms with Gasteiger partial charge in [-0.15, -0.1) is 11.3 Å². The fourth-order valence-corrected chi connectivity index (χ4v) is 3.20.